The Morgan fingerprint density at radius 2 is 1.93 bits per heavy atom. The number of nitrogens with zero attached hydrogens (tertiary/aromatic N) is 2. The highest BCUT2D eigenvalue weighted by molar-refractivity contribution is 4.80. The molecule has 0 unspecified atom stereocenters. The van der Waals surface area contributed by atoms with Gasteiger partial charge in [0.1, 0.15) is 0 Å². The van der Waals surface area contributed by atoms with Crippen molar-refractivity contribution in [2.75, 3.05) is 13.1 Å². The topological polar surface area (TPSA) is 39.0 Å². The zero-order valence-electron chi connectivity index (χ0n) is 9.70. The van der Waals surface area contributed by atoms with Gasteiger partial charge in [-0.3, -0.25) is 9.13 Å². The minimum atomic E-state index is 0.105. The number of rotatable bonds is 7. The Morgan fingerprint density at radius 1 is 1.20 bits per heavy atom. The lowest BCUT2D eigenvalue weighted by atomic mass is 10.4. The van der Waals surface area contributed by atoms with Crippen LogP contribution < -0.4 is 11.0 Å². The lowest BCUT2D eigenvalue weighted by molar-refractivity contribution is 0.557. The Balaban J connectivity index is 2.31. The molecule has 4 nitrogen and oxygen atoms in total. The fraction of sp³-hybridized carbons (Fsp3) is 0.727. The molecule has 15 heavy (non-hydrogen) atoms. The summed E-state index contributed by atoms with van der Waals surface area (Å²) in [5.41, 5.74) is 0.105. The molecule has 1 aromatic heterocycles. The van der Waals surface area contributed by atoms with Gasteiger partial charge in [-0.1, -0.05) is 6.92 Å². The molecule has 0 fully saturated rings. The molecule has 0 aliphatic heterocycles. The van der Waals surface area contributed by atoms with E-state index in [1.165, 1.54) is 0 Å². The molecule has 0 aromatic carbocycles. The van der Waals surface area contributed by atoms with Gasteiger partial charge in [0.2, 0.25) is 0 Å². The number of imidazole rings is 1. The second kappa shape index (κ2) is 6.45. The predicted octanol–water partition coefficient (Wildman–Crippen LogP) is 1.06. The summed E-state index contributed by atoms with van der Waals surface area (Å²) in [6, 6.07) is 0. The Bertz CT molecular complexity index is 327. The van der Waals surface area contributed by atoms with Crippen LogP contribution in [0.25, 0.3) is 0 Å². The molecular formula is C11H21N3O. The second-order valence-electron chi connectivity index (χ2n) is 3.66. The van der Waals surface area contributed by atoms with Crippen LogP contribution in [0, 0.1) is 0 Å². The van der Waals surface area contributed by atoms with Crippen molar-refractivity contribution in [3.05, 3.63) is 22.9 Å². The molecule has 0 atom stereocenters. The third-order valence-corrected chi connectivity index (χ3v) is 2.44. The molecule has 0 bridgehead atoms. The first-order valence-electron chi connectivity index (χ1n) is 5.75. The van der Waals surface area contributed by atoms with E-state index < -0.39 is 0 Å². The van der Waals surface area contributed by atoms with Gasteiger partial charge in [0, 0.05) is 25.5 Å². The van der Waals surface area contributed by atoms with Crippen LogP contribution in [-0.4, -0.2) is 22.2 Å². The first-order chi connectivity index (χ1) is 7.29. The highest BCUT2D eigenvalue weighted by Gasteiger charge is 1.99. The van der Waals surface area contributed by atoms with Crippen LogP contribution in [0.2, 0.25) is 0 Å². The van der Waals surface area contributed by atoms with Gasteiger partial charge >= 0.3 is 5.69 Å². The summed E-state index contributed by atoms with van der Waals surface area (Å²) in [6.07, 6.45) is 5.88. The van der Waals surface area contributed by atoms with E-state index in [1.54, 1.807) is 9.13 Å². The monoisotopic (exact) mass is 211 g/mol. The van der Waals surface area contributed by atoms with Gasteiger partial charge in [-0.05, 0) is 32.9 Å². The second-order valence-corrected chi connectivity index (χ2v) is 3.66. The van der Waals surface area contributed by atoms with Crippen LogP contribution in [0.1, 0.15) is 26.7 Å². The molecule has 1 N–H and O–H groups in total. The first-order valence-corrected chi connectivity index (χ1v) is 5.75. The molecule has 0 saturated heterocycles. The lowest BCUT2D eigenvalue weighted by Crippen LogP contribution is -2.25. The van der Waals surface area contributed by atoms with E-state index in [-0.39, 0.29) is 5.69 Å². The Labute approximate surface area is 90.9 Å². The van der Waals surface area contributed by atoms with Crippen LogP contribution in [-0.2, 0) is 13.1 Å². The molecule has 1 heterocycles. The quantitative estimate of drug-likeness (QED) is 0.685. The summed E-state index contributed by atoms with van der Waals surface area (Å²) in [4.78, 5) is 11.6. The maximum Gasteiger partial charge on any atom is 0.328 e. The Kier molecular flexibility index (Phi) is 5.18. The summed E-state index contributed by atoms with van der Waals surface area (Å²) >= 11 is 0. The average molecular weight is 211 g/mol. The molecule has 0 saturated carbocycles. The Morgan fingerprint density at radius 3 is 2.53 bits per heavy atom. The standard InChI is InChI=1S/C11H21N3O/c1-3-6-12-7-5-8-14-10-9-13(4-2)11(14)15/h9-10,12H,3-8H2,1-2H3. The van der Waals surface area contributed by atoms with Crippen molar-refractivity contribution in [3.8, 4) is 0 Å². The third kappa shape index (κ3) is 3.55. The Hall–Kier alpha value is -1.03. The zero-order chi connectivity index (χ0) is 11.1. The molecular weight excluding hydrogens is 190 g/mol. The van der Waals surface area contributed by atoms with Gasteiger partial charge in [-0.25, -0.2) is 4.79 Å². The van der Waals surface area contributed by atoms with Crippen molar-refractivity contribution in [3.63, 3.8) is 0 Å². The van der Waals surface area contributed by atoms with Crippen molar-refractivity contribution >= 4 is 0 Å². The fourth-order valence-electron chi connectivity index (χ4n) is 1.54. The smallest absolute Gasteiger partial charge is 0.317 e. The molecule has 0 spiro atoms. The van der Waals surface area contributed by atoms with E-state index in [0.29, 0.717) is 0 Å². The van der Waals surface area contributed by atoms with Gasteiger partial charge in [0.05, 0.1) is 0 Å². The molecule has 4 heteroatoms. The van der Waals surface area contributed by atoms with Gasteiger partial charge in [-0.15, -0.1) is 0 Å². The normalized spacial score (nSPS) is 10.8. The van der Waals surface area contributed by atoms with E-state index in [0.717, 1.165) is 39.0 Å². The minimum absolute atomic E-state index is 0.105. The van der Waals surface area contributed by atoms with Gasteiger partial charge in [-0.2, -0.15) is 0 Å². The molecule has 0 radical (unpaired) electrons. The summed E-state index contributed by atoms with van der Waals surface area (Å²) in [5.74, 6) is 0. The van der Waals surface area contributed by atoms with Gasteiger partial charge < -0.3 is 5.32 Å². The SMILES string of the molecule is CCCNCCCn1ccn(CC)c1=O. The van der Waals surface area contributed by atoms with Crippen molar-refractivity contribution < 1.29 is 0 Å². The summed E-state index contributed by atoms with van der Waals surface area (Å²) in [5, 5.41) is 3.32. The average Bonchev–Trinajstić information content (AvgIpc) is 2.60. The summed E-state index contributed by atoms with van der Waals surface area (Å²) in [6.45, 7) is 7.73. The van der Waals surface area contributed by atoms with Crippen molar-refractivity contribution in [2.24, 2.45) is 0 Å². The largest absolute Gasteiger partial charge is 0.328 e. The highest BCUT2D eigenvalue weighted by Crippen LogP contribution is 1.88. The number of aromatic nitrogens is 2. The van der Waals surface area contributed by atoms with Crippen molar-refractivity contribution in [2.45, 2.75) is 39.8 Å². The summed E-state index contributed by atoms with van der Waals surface area (Å²) in [7, 11) is 0. The maximum atomic E-state index is 11.6. The van der Waals surface area contributed by atoms with Crippen LogP contribution in [0.3, 0.4) is 0 Å². The number of hydrogen-bond donors (Lipinski definition) is 1. The molecule has 0 amide bonds. The molecule has 86 valence electrons. The number of aryl methyl sites for hydroxylation is 2. The lowest BCUT2D eigenvalue weighted by Gasteiger charge is -2.03. The first kappa shape index (κ1) is 12.0. The van der Waals surface area contributed by atoms with Crippen LogP contribution in [0.5, 0.6) is 0 Å². The molecule has 1 aromatic rings. The minimum Gasteiger partial charge on any atom is -0.317 e. The molecule has 1 rings (SSSR count). The zero-order valence-corrected chi connectivity index (χ0v) is 9.70. The number of hydrogen-bond acceptors (Lipinski definition) is 2. The number of nitrogens with one attached hydrogen (secondary N) is 1. The van der Waals surface area contributed by atoms with E-state index >= 15 is 0 Å². The fourth-order valence-corrected chi connectivity index (χ4v) is 1.54. The van der Waals surface area contributed by atoms with Crippen LogP contribution in [0.4, 0.5) is 0 Å². The van der Waals surface area contributed by atoms with Crippen molar-refractivity contribution in [1.29, 1.82) is 0 Å². The third-order valence-electron chi connectivity index (χ3n) is 2.44. The highest BCUT2D eigenvalue weighted by atomic mass is 16.1. The molecule has 0 aliphatic carbocycles. The maximum absolute atomic E-state index is 11.6. The van der Waals surface area contributed by atoms with E-state index in [1.807, 2.05) is 19.3 Å². The van der Waals surface area contributed by atoms with Gasteiger partial charge in [0.15, 0.2) is 0 Å². The van der Waals surface area contributed by atoms with E-state index in [9.17, 15) is 4.79 Å². The molecule has 0 aliphatic rings. The van der Waals surface area contributed by atoms with Crippen molar-refractivity contribution in [1.82, 2.24) is 14.5 Å². The van der Waals surface area contributed by atoms with Gasteiger partial charge in [0.25, 0.3) is 0 Å². The predicted molar refractivity (Wildman–Crippen MR) is 62.1 cm³/mol. The van der Waals surface area contributed by atoms with E-state index in [2.05, 4.69) is 12.2 Å². The summed E-state index contributed by atoms with van der Waals surface area (Å²) < 4.78 is 3.50. The van der Waals surface area contributed by atoms with E-state index in [4.69, 9.17) is 0 Å². The van der Waals surface area contributed by atoms with Crippen LogP contribution >= 0.6 is 0 Å². The van der Waals surface area contributed by atoms with Crippen LogP contribution in [0.15, 0.2) is 17.2 Å².